The average Bonchev–Trinajstić information content (AvgIpc) is 3.41. The number of carbonyl (C=O) groups excluding carboxylic acids is 2. The molecule has 42 heavy (non-hydrogen) atoms. The maximum absolute atomic E-state index is 15.0. The molecule has 0 aliphatic heterocycles. The quantitative estimate of drug-likeness (QED) is 0.200. The third kappa shape index (κ3) is 6.76. The van der Waals surface area contributed by atoms with E-state index in [1.54, 1.807) is 44.6 Å². The zero-order chi connectivity index (χ0) is 29.8. The Hall–Kier alpha value is -4.74. The third-order valence-electron chi connectivity index (χ3n) is 6.14. The molecule has 0 atom stereocenters. The number of hydrogen-bond acceptors (Lipinski definition) is 6. The number of thiophene rings is 1. The van der Waals surface area contributed by atoms with Crippen molar-refractivity contribution in [1.82, 2.24) is 15.2 Å². The first-order valence-corrected chi connectivity index (χ1v) is 13.9. The van der Waals surface area contributed by atoms with E-state index in [-0.39, 0.29) is 29.0 Å². The van der Waals surface area contributed by atoms with E-state index < -0.39 is 11.7 Å². The van der Waals surface area contributed by atoms with Crippen LogP contribution in [0.5, 0.6) is 11.5 Å². The van der Waals surface area contributed by atoms with E-state index in [2.05, 4.69) is 15.6 Å². The maximum atomic E-state index is 15.0. The number of carbonyl (C=O) groups is 2. The van der Waals surface area contributed by atoms with E-state index in [0.717, 1.165) is 15.1 Å². The molecule has 0 aliphatic carbocycles. The highest BCUT2D eigenvalue weighted by Crippen LogP contribution is 2.39. The lowest BCUT2D eigenvalue weighted by Crippen LogP contribution is -2.35. The van der Waals surface area contributed by atoms with Gasteiger partial charge in [0.1, 0.15) is 11.6 Å². The maximum Gasteiger partial charge on any atom is 0.253 e. The van der Waals surface area contributed by atoms with Gasteiger partial charge < -0.3 is 20.3 Å². The molecule has 3 aromatic carbocycles. The van der Waals surface area contributed by atoms with Gasteiger partial charge in [0.05, 0.1) is 16.6 Å². The smallest absolute Gasteiger partial charge is 0.253 e. The summed E-state index contributed by atoms with van der Waals surface area (Å²) in [5.41, 5.74) is 3.15. The van der Waals surface area contributed by atoms with Crippen LogP contribution in [0.3, 0.4) is 0 Å². The fourth-order valence-electron chi connectivity index (χ4n) is 4.07. The van der Waals surface area contributed by atoms with Gasteiger partial charge in [-0.2, -0.15) is 0 Å². The van der Waals surface area contributed by atoms with Gasteiger partial charge in [-0.1, -0.05) is 24.3 Å². The van der Waals surface area contributed by atoms with Gasteiger partial charge in [0.2, 0.25) is 5.91 Å². The van der Waals surface area contributed by atoms with Crippen molar-refractivity contribution >= 4 is 56.4 Å². The van der Waals surface area contributed by atoms with Gasteiger partial charge in [-0.3, -0.25) is 14.6 Å². The zero-order valence-electron chi connectivity index (χ0n) is 22.5. The number of ether oxygens (including phenoxy) is 1. The van der Waals surface area contributed by atoms with E-state index in [1.165, 1.54) is 52.6 Å². The Balaban J connectivity index is 1.26. The molecule has 0 aliphatic rings. The summed E-state index contributed by atoms with van der Waals surface area (Å²) >= 11 is 6.62. The molecular formula is C31H24F2N4O3S2. The topological polar surface area (TPSA) is 83.6 Å². The number of thiocarbonyl (C=S) groups is 1. The lowest BCUT2D eigenvalue weighted by molar-refractivity contribution is -0.119. The second-order valence-corrected chi connectivity index (χ2v) is 10.9. The Morgan fingerprint density at radius 2 is 1.69 bits per heavy atom. The number of pyridine rings is 1. The highest BCUT2D eigenvalue weighted by molar-refractivity contribution is 7.80. The van der Waals surface area contributed by atoms with E-state index in [1.807, 2.05) is 18.2 Å². The SMILES string of the molecule is CN(C)C(=O)c1ccc(-c2cc3nccc(Oc4ccc(NC(=S)NC(=O)Cc5ccc(F)cc5)cc4F)c3s2)cc1. The van der Waals surface area contributed by atoms with Crippen molar-refractivity contribution in [2.75, 3.05) is 19.4 Å². The lowest BCUT2D eigenvalue weighted by Gasteiger charge is -2.12. The fraction of sp³-hybridized carbons (Fsp3) is 0.0968. The molecule has 2 aromatic heterocycles. The van der Waals surface area contributed by atoms with E-state index in [4.69, 9.17) is 17.0 Å². The summed E-state index contributed by atoms with van der Waals surface area (Å²) in [5.74, 6) is -1.05. The summed E-state index contributed by atoms with van der Waals surface area (Å²) < 4.78 is 34.8. The Labute approximate surface area is 249 Å². The molecule has 0 bridgehead atoms. The number of rotatable bonds is 7. The number of hydrogen-bond donors (Lipinski definition) is 2. The van der Waals surface area contributed by atoms with Crippen molar-refractivity contribution in [3.63, 3.8) is 0 Å². The number of nitrogens with one attached hydrogen (secondary N) is 2. The molecule has 2 heterocycles. The molecule has 0 spiro atoms. The highest BCUT2D eigenvalue weighted by atomic mass is 32.1. The van der Waals surface area contributed by atoms with Crippen molar-refractivity contribution < 1.29 is 23.1 Å². The van der Waals surface area contributed by atoms with Gasteiger partial charge in [-0.25, -0.2) is 8.78 Å². The van der Waals surface area contributed by atoms with Gasteiger partial charge in [0.15, 0.2) is 16.7 Å². The first-order valence-electron chi connectivity index (χ1n) is 12.7. The average molecular weight is 603 g/mol. The van der Waals surface area contributed by atoms with Crippen molar-refractivity contribution in [3.05, 3.63) is 108 Å². The molecule has 0 saturated heterocycles. The van der Waals surface area contributed by atoms with Crippen LogP contribution in [-0.4, -0.2) is 40.9 Å². The van der Waals surface area contributed by atoms with Crippen LogP contribution in [0.15, 0.2) is 85.1 Å². The summed E-state index contributed by atoms with van der Waals surface area (Å²) in [6, 6.07) is 20.7. The minimum Gasteiger partial charge on any atom is -0.453 e. The van der Waals surface area contributed by atoms with Crippen LogP contribution in [0.25, 0.3) is 20.7 Å². The molecule has 5 rings (SSSR count). The summed E-state index contributed by atoms with van der Waals surface area (Å²) in [6.07, 6.45) is 1.60. The number of benzene rings is 3. The molecule has 0 saturated carbocycles. The van der Waals surface area contributed by atoms with Gasteiger partial charge in [0.25, 0.3) is 5.91 Å². The van der Waals surface area contributed by atoms with Crippen LogP contribution in [0.2, 0.25) is 0 Å². The van der Waals surface area contributed by atoms with Crippen molar-refractivity contribution in [2.24, 2.45) is 0 Å². The second-order valence-electron chi connectivity index (χ2n) is 9.46. The number of halogens is 2. The fourth-order valence-corrected chi connectivity index (χ4v) is 5.38. The Morgan fingerprint density at radius 1 is 0.952 bits per heavy atom. The van der Waals surface area contributed by atoms with Crippen molar-refractivity contribution in [2.45, 2.75) is 6.42 Å². The summed E-state index contributed by atoms with van der Waals surface area (Å²) in [7, 11) is 3.41. The van der Waals surface area contributed by atoms with Gasteiger partial charge in [-0.15, -0.1) is 11.3 Å². The van der Waals surface area contributed by atoms with Crippen LogP contribution in [0.1, 0.15) is 15.9 Å². The number of anilines is 1. The monoisotopic (exact) mass is 602 g/mol. The molecule has 212 valence electrons. The highest BCUT2D eigenvalue weighted by Gasteiger charge is 2.15. The van der Waals surface area contributed by atoms with Crippen LogP contribution in [0, 0.1) is 11.6 Å². The minimum absolute atomic E-state index is 0.000754. The van der Waals surface area contributed by atoms with Gasteiger partial charge in [0, 0.05) is 48.6 Å². The molecule has 7 nitrogen and oxygen atoms in total. The van der Waals surface area contributed by atoms with Crippen LogP contribution >= 0.6 is 23.6 Å². The third-order valence-corrected chi connectivity index (χ3v) is 7.53. The molecule has 0 unspecified atom stereocenters. The van der Waals surface area contributed by atoms with Gasteiger partial charge >= 0.3 is 0 Å². The second kappa shape index (κ2) is 12.4. The van der Waals surface area contributed by atoms with Crippen LogP contribution < -0.4 is 15.4 Å². The summed E-state index contributed by atoms with van der Waals surface area (Å²) in [5, 5.41) is 5.30. The van der Waals surface area contributed by atoms with E-state index in [0.29, 0.717) is 28.1 Å². The zero-order valence-corrected chi connectivity index (χ0v) is 24.1. The standard InChI is InChI=1S/C31H24F2N4O3S2/c1-37(2)30(39)20-7-5-19(6-8-20)27-17-24-29(42-27)26(13-14-34-24)40-25-12-11-22(16-23(25)33)35-31(41)36-28(38)15-18-3-9-21(32)10-4-18/h3-14,16-17H,15H2,1-2H3,(H2,35,36,38,41). The Kier molecular flexibility index (Phi) is 8.51. The Morgan fingerprint density at radius 3 is 2.38 bits per heavy atom. The van der Waals surface area contributed by atoms with Crippen LogP contribution in [-0.2, 0) is 11.2 Å². The first-order chi connectivity index (χ1) is 20.2. The molecule has 0 radical (unpaired) electrons. The molecule has 2 amide bonds. The first kappa shape index (κ1) is 28.8. The molecule has 11 heteroatoms. The molecule has 5 aromatic rings. The van der Waals surface area contributed by atoms with Crippen molar-refractivity contribution in [1.29, 1.82) is 0 Å². The van der Waals surface area contributed by atoms with E-state index in [9.17, 15) is 14.0 Å². The molecule has 0 fully saturated rings. The van der Waals surface area contributed by atoms with E-state index >= 15 is 4.39 Å². The Bertz CT molecular complexity index is 1790. The number of amides is 2. The van der Waals surface area contributed by atoms with Gasteiger partial charge in [-0.05, 0) is 65.8 Å². The number of aromatic nitrogens is 1. The minimum atomic E-state index is -0.636. The summed E-state index contributed by atoms with van der Waals surface area (Å²) in [4.78, 5) is 31.3. The number of fused-ring (bicyclic) bond motifs is 1. The normalized spacial score (nSPS) is 10.8. The predicted molar refractivity (Wildman–Crippen MR) is 164 cm³/mol. The molecule has 2 N–H and O–H groups in total. The largest absolute Gasteiger partial charge is 0.453 e. The molecular weight excluding hydrogens is 578 g/mol. The number of nitrogens with zero attached hydrogens (tertiary/aromatic N) is 2. The van der Waals surface area contributed by atoms with Crippen LogP contribution in [0.4, 0.5) is 14.5 Å². The van der Waals surface area contributed by atoms with Crippen molar-refractivity contribution in [3.8, 4) is 21.9 Å². The lowest BCUT2D eigenvalue weighted by atomic mass is 10.1. The predicted octanol–water partition coefficient (Wildman–Crippen LogP) is 6.79. The summed E-state index contributed by atoms with van der Waals surface area (Å²) in [6.45, 7) is 0.